The Kier molecular flexibility index (Phi) is 7.90. The Bertz CT molecular complexity index is 1320. The lowest BCUT2D eigenvalue weighted by Gasteiger charge is -2.21. The fourth-order valence-electron chi connectivity index (χ4n) is 3.75. The normalized spacial score (nSPS) is 11.8. The molecule has 0 aliphatic rings. The van der Waals surface area contributed by atoms with Crippen molar-refractivity contribution in [1.82, 2.24) is 4.98 Å². The molecule has 0 aliphatic heterocycles. The average molecular weight is 487 g/mol. The quantitative estimate of drug-likeness (QED) is 0.280. The number of hydrogen-bond donors (Lipinski definition) is 1. The van der Waals surface area contributed by atoms with E-state index in [0.29, 0.717) is 35.2 Å². The Morgan fingerprint density at radius 1 is 0.944 bits per heavy atom. The van der Waals surface area contributed by atoms with E-state index in [0.717, 1.165) is 16.3 Å². The summed E-state index contributed by atoms with van der Waals surface area (Å²) in [6.07, 6.45) is 0.574. The maximum atomic E-state index is 13.3. The van der Waals surface area contributed by atoms with Gasteiger partial charge in [-0.05, 0) is 68.1 Å². The monoisotopic (exact) mass is 486 g/mol. The minimum atomic E-state index is -1.03. The predicted molar refractivity (Wildman–Crippen MR) is 139 cm³/mol. The number of benzene rings is 3. The molecule has 0 fully saturated rings. The highest BCUT2D eigenvalue weighted by molar-refractivity contribution is 5.91. The molecule has 0 saturated heterocycles. The van der Waals surface area contributed by atoms with Gasteiger partial charge in [0.1, 0.15) is 18.2 Å². The topological polar surface area (TPSA) is 92.9 Å². The van der Waals surface area contributed by atoms with Gasteiger partial charge in [-0.1, -0.05) is 36.4 Å². The molecule has 1 atom stereocenters. The van der Waals surface area contributed by atoms with E-state index in [4.69, 9.17) is 24.7 Å². The lowest BCUT2D eigenvalue weighted by Crippen LogP contribution is -2.22. The van der Waals surface area contributed by atoms with E-state index < -0.39 is 12.1 Å². The van der Waals surface area contributed by atoms with Gasteiger partial charge < -0.3 is 24.7 Å². The zero-order valence-electron chi connectivity index (χ0n) is 20.6. The number of hydrogen-bond acceptors (Lipinski definition) is 7. The van der Waals surface area contributed by atoms with Crippen LogP contribution < -0.4 is 19.9 Å². The van der Waals surface area contributed by atoms with Crippen molar-refractivity contribution in [3.05, 3.63) is 90.1 Å². The summed E-state index contributed by atoms with van der Waals surface area (Å²) >= 11 is 0. The Morgan fingerprint density at radius 2 is 1.75 bits per heavy atom. The Balaban J connectivity index is 1.67. The molecule has 0 radical (unpaired) electrons. The molecule has 186 valence electrons. The van der Waals surface area contributed by atoms with Gasteiger partial charge in [0.05, 0.1) is 12.7 Å². The van der Waals surface area contributed by atoms with Gasteiger partial charge in [0.2, 0.25) is 6.10 Å². The van der Waals surface area contributed by atoms with E-state index in [1.165, 1.54) is 0 Å². The van der Waals surface area contributed by atoms with Crippen LogP contribution in [0.1, 0.15) is 38.0 Å². The fourth-order valence-corrected chi connectivity index (χ4v) is 3.75. The molecule has 7 nitrogen and oxygen atoms in total. The van der Waals surface area contributed by atoms with Gasteiger partial charge in [-0.25, -0.2) is 9.78 Å². The number of nitrogens with zero attached hydrogens (tertiary/aromatic N) is 1. The summed E-state index contributed by atoms with van der Waals surface area (Å²) in [5, 5.41) is 1.66. The minimum Gasteiger partial charge on any atom is -0.490 e. The molecule has 7 heteroatoms. The molecule has 0 amide bonds. The molecule has 0 spiro atoms. The van der Waals surface area contributed by atoms with Gasteiger partial charge in [0.25, 0.3) is 0 Å². The van der Waals surface area contributed by atoms with Gasteiger partial charge >= 0.3 is 5.97 Å². The largest absolute Gasteiger partial charge is 0.490 e. The van der Waals surface area contributed by atoms with Crippen LogP contribution in [0.3, 0.4) is 0 Å². The maximum absolute atomic E-state index is 13.3. The van der Waals surface area contributed by atoms with Crippen molar-refractivity contribution < 1.29 is 23.7 Å². The van der Waals surface area contributed by atoms with Crippen molar-refractivity contribution in [2.45, 2.75) is 39.6 Å². The molecule has 0 aliphatic carbocycles. The molecular weight excluding hydrogens is 456 g/mol. The highest BCUT2D eigenvalue weighted by Crippen LogP contribution is 2.34. The first-order valence-electron chi connectivity index (χ1n) is 11.9. The summed E-state index contributed by atoms with van der Waals surface area (Å²) in [4.78, 5) is 17.4. The van der Waals surface area contributed by atoms with E-state index >= 15 is 0 Å². The Labute approximate surface area is 210 Å². The second kappa shape index (κ2) is 11.4. The van der Waals surface area contributed by atoms with E-state index in [-0.39, 0.29) is 12.7 Å². The third-order valence-corrected chi connectivity index (χ3v) is 5.39. The zero-order valence-corrected chi connectivity index (χ0v) is 20.6. The highest BCUT2D eigenvalue weighted by Gasteiger charge is 2.26. The summed E-state index contributed by atoms with van der Waals surface area (Å²) in [6.45, 7) is 6.36. The van der Waals surface area contributed by atoms with Crippen LogP contribution in [0.5, 0.6) is 17.2 Å². The summed E-state index contributed by atoms with van der Waals surface area (Å²) < 4.78 is 23.6. The van der Waals surface area contributed by atoms with Crippen molar-refractivity contribution in [3.8, 4) is 17.2 Å². The molecule has 1 unspecified atom stereocenters. The van der Waals surface area contributed by atoms with Crippen LogP contribution in [-0.4, -0.2) is 23.7 Å². The van der Waals surface area contributed by atoms with Gasteiger partial charge in [0, 0.05) is 17.1 Å². The molecule has 1 aromatic heterocycles. The van der Waals surface area contributed by atoms with Crippen molar-refractivity contribution in [2.75, 3.05) is 12.3 Å². The lowest BCUT2D eigenvalue weighted by atomic mass is 10.1. The van der Waals surface area contributed by atoms with E-state index in [2.05, 4.69) is 4.98 Å². The first-order valence-corrected chi connectivity index (χ1v) is 11.9. The van der Waals surface area contributed by atoms with Gasteiger partial charge in [-0.2, -0.15) is 0 Å². The van der Waals surface area contributed by atoms with Gasteiger partial charge in [-0.15, -0.1) is 0 Å². The molecule has 0 saturated carbocycles. The third kappa shape index (κ3) is 6.05. The number of ether oxygens (including phenoxy) is 4. The first kappa shape index (κ1) is 24.9. The standard InChI is InChI=1S/C29H30N2O5/c1-4-33-26-17-22(10-13-25(26)35-19(2)3)27(29(32)34-18-20-8-6-5-7-9-20)36-23-11-12-24-21(16-23)14-15-31-28(24)30/h5-17,19,27H,4,18H2,1-3H3,(H2,30,31). The van der Waals surface area contributed by atoms with Crippen LogP contribution in [0.25, 0.3) is 10.8 Å². The third-order valence-electron chi connectivity index (χ3n) is 5.39. The number of nitrogen functional groups attached to an aromatic ring is 1. The second-order valence-corrected chi connectivity index (χ2v) is 8.48. The number of carbonyl (C=O) groups excluding carboxylic acids is 1. The molecule has 3 aromatic carbocycles. The molecule has 2 N–H and O–H groups in total. The van der Waals surface area contributed by atoms with Crippen molar-refractivity contribution in [2.24, 2.45) is 0 Å². The molecule has 0 bridgehead atoms. The SMILES string of the molecule is CCOc1cc(C(Oc2ccc3c(N)nccc3c2)C(=O)OCc2ccccc2)ccc1OC(C)C. The Morgan fingerprint density at radius 3 is 2.50 bits per heavy atom. The highest BCUT2D eigenvalue weighted by atomic mass is 16.6. The molecular formula is C29H30N2O5. The minimum absolute atomic E-state index is 0.0301. The van der Waals surface area contributed by atoms with E-state index in [1.54, 1.807) is 30.5 Å². The number of pyridine rings is 1. The number of aromatic nitrogens is 1. The average Bonchev–Trinajstić information content (AvgIpc) is 2.87. The van der Waals surface area contributed by atoms with Crippen LogP contribution in [0.2, 0.25) is 0 Å². The second-order valence-electron chi connectivity index (χ2n) is 8.48. The predicted octanol–water partition coefficient (Wildman–Crippen LogP) is 5.87. The van der Waals surface area contributed by atoms with E-state index in [9.17, 15) is 4.79 Å². The molecule has 4 rings (SSSR count). The number of fused-ring (bicyclic) bond motifs is 1. The van der Waals surface area contributed by atoms with Crippen LogP contribution >= 0.6 is 0 Å². The van der Waals surface area contributed by atoms with Crippen LogP contribution in [-0.2, 0) is 16.1 Å². The fraction of sp³-hybridized carbons (Fsp3) is 0.241. The summed E-state index contributed by atoms with van der Waals surface area (Å²) in [6, 6.07) is 22.1. The maximum Gasteiger partial charge on any atom is 0.352 e. The van der Waals surface area contributed by atoms with Gasteiger partial charge in [-0.3, -0.25) is 0 Å². The molecule has 36 heavy (non-hydrogen) atoms. The number of rotatable bonds is 10. The van der Waals surface area contributed by atoms with Crippen molar-refractivity contribution in [3.63, 3.8) is 0 Å². The van der Waals surface area contributed by atoms with Crippen molar-refractivity contribution in [1.29, 1.82) is 0 Å². The molecule has 1 heterocycles. The van der Waals surface area contributed by atoms with Crippen LogP contribution in [0, 0.1) is 0 Å². The van der Waals surface area contributed by atoms with Crippen molar-refractivity contribution >= 4 is 22.6 Å². The Hall–Kier alpha value is -4.26. The van der Waals surface area contributed by atoms with Gasteiger partial charge in [0.15, 0.2) is 11.5 Å². The van der Waals surface area contributed by atoms with Crippen LogP contribution in [0.15, 0.2) is 79.0 Å². The summed E-state index contributed by atoms with van der Waals surface area (Å²) in [7, 11) is 0. The number of esters is 1. The smallest absolute Gasteiger partial charge is 0.352 e. The van der Waals surface area contributed by atoms with Crippen LogP contribution in [0.4, 0.5) is 5.82 Å². The first-order chi connectivity index (χ1) is 17.4. The summed E-state index contributed by atoms with van der Waals surface area (Å²) in [5.74, 6) is 1.54. The summed E-state index contributed by atoms with van der Waals surface area (Å²) in [5.41, 5.74) is 7.45. The number of nitrogens with two attached hydrogens (primary N) is 1. The number of anilines is 1. The van der Waals surface area contributed by atoms with E-state index in [1.807, 2.05) is 69.3 Å². The zero-order chi connectivity index (χ0) is 25.5. The lowest BCUT2D eigenvalue weighted by molar-refractivity contribution is -0.153. The molecule has 4 aromatic rings. The number of carbonyl (C=O) groups is 1.